The highest BCUT2D eigenvalue weighted by molar-refractivity contribution is 7.92. The van der Waals surface area contributed by atoms with Gasteiger partial charge in [0, 0.05) is 24.4 Å². The van der Waals surface area contributed by atoms with E-state index in [9.17, 15) is 31.2 Å². The van der Waals surface area contributed by atoms with Crippen molar-refractivity contribution in [3.05, 3.63) is 53.9 Å². The van der Waals surface area contributed by atoms with E-state index in [0.29, 0.717) is 5.92 Å². The molecular weight excluding hydrogens is 483 g/mol. The Morgan fingerprint density at radius 1 is 1.03 bits per heavy atom. The lowest BCUT2D eigenvalue weighted by molar-refractivity contribution is -0.123. The second kappa shape index (κ2) is 8.92. The van der Waals surface area contributed by atoms with Crippen molar-refractivity contribution < 1.29 is 31.2 Å². The number of anilines is 1. The van der Waals surface area contributed by atoms with Crippen molar-refractivity contribution in [2.75, 3.05) is 4.90 Å². The first-order chi connectivity index (χ1) is 16.3. The van der Waals surface area contributed by atoms with Gasteiger partial charge in [0.05, 0.1) is 10.6 Å². The van der Waals surface area contributed by atoms with E-state index in [4.69, 9.17) is 0 Å². The Labute approximate surface area is 201 Å². The number of benzene rings is 1. The summed E-state index contributed by atoms with van der Waals surface area (Å²) in [6.07, 6.45) is 7.36. The number of hydrogen-bond acceptors (Lipinski definition) is 5. The molecule has 1 aromatic heterocycles. The summed E-state index contributed by atoms with van der Waals surface area (Å²) in [7, 11) is -5.54. The van der Waals surface area contributed by atoms with Gasteiger partial charge in [0.2, 0.25) is 0 Å². The molecule has 7 nitrogen and oxygen atoms in total. The molecule has 0 spiro atoms. The molecule has 1 saturated heterocycles. The standard InChI is InChI=1S/C24H26F3N3O4S/c1-23(2)21(31)30(18-8-10-19(11-9-18)35(33,34)24(25,26)27)22(32)29(23)15-16-12-13-28-20(14-16)17-6-4-3-5-7-17/h8-14,17H,3-7,15H2,1-2H3. The van der Waals surface area contributed by atoms with E-state index in [0.717, 1.165) is 66.1 Å². The summed E-state index contributed by atoms with van der Waals surface area (Å²) in [6.45, 7) is 3.34. The Morgan fingerprint density at radius 3 is 2.26 bits per heavy atom. The van der Waals surface area contributed by atoms with Crippen molar-refractivity contribution in [3.8, 4) is 0 Å². The molecule has 188 valence electrons. The van der Waals surface area contributed by atoms with Gasteiger partial charge in [0.15, 0.2) is 0 Å². The van der Waals surface area contributed by atoms with E-state index >= 15 is 0 Å². The maximum absolute atomic E-state index is 13.3. The summed E-state index contributed by atoms with van der Waals surface area (Å²) in [5.41, 5.74) is -4.88. The molecule has 3 amide bonds. The molecule has 0 N–H and O–H groups in total. The van der Waals surface area contributed by atoms with E-state index in [1.54, 1.807) is 26.1 Å². The Bertz CT molecular complexity index is 1240. The second-order valence-corrected chi connectivity index (χ2v) is 11.4. The molecule has 2 aromatic rings. The SMILES string of the molecule is CC1(C)C(=O)N(c2ccc(S(=O)(=O)C(F)(F)F)cc2)C(=O)N1Cc1ccnc(C2CCCCC2)c1. The number of rotatable bonds is 5. The molecule has 0 bridgehead atoms. The Balaban J connectivity index is 1.58. The lowest BCUT2D eigenvalue weighted by atomic mass is 9.86. The quantitative estimate of drug-likeness (QED) is 0.519. The minimum absolute atomic E-state index is 0.00526. The van der Waals surface area contributed by atoms with Crippen molar-refractivity contribution in [1.82, 2.24) is 9.88 Å². The number of nitrogens with zero attached hydrogens (tertiary/aromatic N) is 3. The van der Waals surface area contributed by atoms with Crippen LogP contribution >= 0.6 is 0 Å². The molecule has 2 fully saturated rings. The maximum atomic E-state index is 13.3. The number of hydrogen-bond donors (Lipinski definition) is 0. The number of carbonyl (C=O) groups is 2. The summed E-state index contributed by atoms with van der Waals surface area (Å²) in [4.78, 5) is 32.2. The van der Waals surface area contributed by atoms with Gasteiger partial charge in [-0.1, -0.05) is 19.3 Å². The van der Waals surface area contributed by atoms with Crippen LogP contribution in [0.3, 0.4) is 0 Å². The van der Waals surface area contributed by atoms with Gasteiger partial charge in [0.25, 0.3) is 15.7 Å². The molecule has 35 heavy (non-hydrogen) atoms. The van der Waals surface area contributed by atoms with Gasteiger partial charge in [-0.3, -0.25) is 9.78 Å². The number of sulfone groups is 1. The molecule has 0 atom stereocenters. The van der Waals surface area contributed by atoms with Crippen LogP contribution in [0, 0.1) is 0 Å². The number of aromatic nitrogens is 1. The molecular formula is C24H26F3N3O4S. The number of imide groups is 1. The van der Waals surface area contributed by atoms with Crippen LogP contribution < -0.4 is 4.90 Å². The largest absolute Gasteiger partial charge is 0.501 e. The Kier molecular flexibility index (Phi) is 6.41. The van der Waals surface area contributed by atoms with Crippen LogP contribution in [-0.2, 0) is 21.2 Å². The predicted octanol–water partition coefficient (Wildman–Crippen LogP) is 5.17. The van der Waals surface area contributed by atoms with Crippen LogP contribution in [0.2, 0.25) is 0 Å². The lowest BCUT2D eigenvalue weighted by Crippen LogP contribution is -2.43. The number of amides is 3. The van der Waals surface area contributed by atoms with Gasteiger partial charge in [-0.15, -0.1) is 0 Å². The fourth-order valence-electron chi connectivity index (χ4n) is 4.63. The number of urea groups is 1. The minimum Gasteiger partial charge on any atom is -0.305 e. The zero-order valence-electron chi connectivity index (χ0n) is 19.4. The van der Waals surface area contributed by atoms with Crippen molar-refractivity contribution in [1.29, 1.82) is 0 Å². The summed E-state index contributed by atoms with van der Waals surface area (Å²) in [5, 5.41) is 0. The summed E-state index contributed by atoms with van der Waals surface area (Å²) in [6, 6.07) is 6.66. The number of alkyl halides is 3. The van der Waals surface area contributed by atoms with Crippen molar-refractivity contribution >= 4 is 27.5 Å². The number of halogens is 3. The number of carbonyl (C=O) groups excluding carboxylic acids is 2. The molecule has 0 radical (unpaired) electrons. The summed E-state index contributed by atoms with van der Waals surface area (Å²) in [5.74, 6) is -0.189. The van der Waals surface area contributed by atoms with Crippen LogP contribution in [0.15, 0.2) is 47.5 Å². The summed E-state index contributed by atoms with van der Waals surface area (Å²) >= 11 is 0. The number of pyridine rings is 1. The molecule has 11 heteroatoms. The van der Waals surface area contributed by atoms with E-state index in [2.05, 4.69) is 4.98 Å². The Morgan fingerprint density at radius 2 is 1.66 bits per heavy atom. The third-order valence-electron chi connectivity index (χ3n) is 6.74. The highest BCUT2D eigenvalue weighted by Gasteiger charge is 2.52. The van der Waals surface area contributed by atoms with Gasteiger partial charge >= 0.3 is 11.5 Å². The van der Waals surface area contributed by atoms with Gasteiger partial charge in [-0.2, -0.15) is 13.2 Å². The second-order valence-electron chi connectivity index (χ2n) is 9.44. The molecule has 2 heterocycles. The van der Waals surface area contributed by atoms with Crippen LogP contribution in [0.5, 0.6) is 0 Å². The fourth-order valence-corrected chi connectivity index (χ4v) is 5.40. The smallest absolute Gasteiger partial charge is 0.305 e. The van der Waals surface area contributed by atoms with E-state index in [1.165, 1.54) is 11.3 Å². The topological polar surface area (TPSA) is 87.7 Å². The monoisotopic (exact) mass is 509 g/mol. The highest BCUT2D eigenvalue weighted by atomic mass is 32.2. The fraction of sp³-hybridized carbons (Fsp3) is 0.458. The van der Waals surface area contributed by atoms with Crippen molar-refractivity contribution in [3.63, 3.8) is 0 Å². The normalized spacial score (nSPS) is 19.5. The average Bonchev–Trinajstić information content (AvgIpc) is 2.98. The van der Waals surface area contributed by atoms with Crippen LogP contribution in [0.4, 0.5) is 23.7 Å². The van der Waals surface area contributed by atoms with Crippen molar-refractivity contribution in [2.45, 2.75) is 74.4 Å². The average molecular weight is 510 g/mol. The third kappa shape index (κ3) is 4.53. The predicted molar refractivity (Wildman–Crippen MR) is 122 cm³/mol. The minimum atomic E-state index is -5.54. The van der Waals surface area contributed by atoms with Crippen molar-refractivity contribution in [2.24, 2.45) is 0 Å². The van der Waals surface area contributed by atoms with Crippen LogP contribution in [-0.4, -0.2) is 41.3 Å². The van der Waals surface area contributed by atoms with Crippen LogP contribution in [0.25, 0.3) is 0 Å². The molecule has 2 aliphatic rings. The van der Waals surface area contributed by atoms with E-state index in [1.807, 2.05) is 6.07 Å². The molecule has 1 saturated carbocycles. The van der Waals surface area contributed by atoms with E-state index < -0.39 is 37.7 Å². The zero-order chi connectivity index (χ0) is 25.6. The molecule has 1 aromatic carbocycles. The lowest BCUT2D eigenvalue weighted by Gasteiger charge is -2.28. The van der Waals surface area contributed by atoms with Gasteiger partial charge in [0.1, 0.15) is 5.54 Å². The highest BCUT2D eigenvalue weighted by Crippen LogP contribution is 2.36. The first-order valence-corrected chi connectivity index (χ1v) is 12.8. The molecule has 0 unspecified atom stereocenters. The van der Waals surface area contributed by atoms with Crippen LogP contribution in [0.1, 0.15) is 63.1 Å². The zero-order valence-corrected chi connectivity index (χ0v) is 20.2. The van der Waals surface area contributed by atoms with Gasteiger partial charge in [-0.25, -0.2) is 18.1 Å². The molecule has 4 rings (SSSR count). The molecule has 1 aliphatic carbocycles. The summed E-state index contributed by atoms with van der Waals surface area (Å²) < 4.78 is 61.8. The molecule has 1 aliphatic heterocycles. The first-order valence-electron chi connectivity index (χ1n) is 11.4. The van der Waals surface area contributed by atoms with E-state index in [-0.39, 0.29) is 12.2 Å². The Hall–Kier alpha value is -2.95. The third-order valence-corrected chi connectivity index (χ3v) is 8.25. The first kappa shape index (κ1) is 25.2. The maximum Gasteiger partial charge on any atom is 0.501 e. The van der Waals surface area contributed by atoms with Gasteiger partial charge < -0.3 is 4.90 Å². The van der Waals surface area contributed by atoms with Gasteiger partial charge in [-0.05, 0) is 68.7 Å².